The number of benzene rings is 3. The standard InChI is InChI=1S/C16H9ClS/c17-15-9-12-8-14(12)16(15)18-13-6-5-10-3-1-2-4-11(10)7-13/h1-9H. The molecule has 2 aliphatic rings. The summed E-state index contributed by atoms with van der Waals surface area (Å²) in [5, 5.41) is 3.42. The molecular weight excluding hydrogens is 260 g/mol. The Labute approximate surface area is 115 Å². The Balaban J connectivity index is 1.75. The predicted octanol–water partition coefficient (Wildman–Crippen LogP) is 5.62. The van der Waals surface area contributed by atoms with Crippen molar-refractivity contribution in [3.63, 3.8) is 0 Å². The normalized spacial score (nSPS) is 11.8. The topological polar surface area (TPSA) is 0 Å². The zero-order valence-corrected chi connectivity index (χ0v) is 11.1. The highest BCUT2D eigenvalue weighted by molar-refractivity contribution is 7.99. The lowest BCUT2D eigenvalue weighted by molar-refractivity contribution is 1.48. The van der Waals surface area contributed by atoms with E-state index in [1.165, 1.54) is 31.7 Å². The van der Waals surface area contributed by atoms with Gasteiger partial charge in [-0.1, -0.05) is 53.7 Å². The molecule has 18 heavy (non-hydrogen) atoms. The highest BCUT2D eigenvalue weighted by Gasteiger charge is 2.22. The summed E-state index contributed by atoms with van der Waals surface area (Å²) in [5.41, 5.74) is 2.61. The predicted molar refractivity (Wildman–Crippen MR) is 78.5 cm³/mol. The Hall–Kier alpha value is -1.44. The number of rotatable bonds is 2. The van der Waals surface area contributed by atoms with Gasteiger partial charge in [-0.25, -0.2) is 0 Å². The molecule has 0 bridgehead atoms. The molecule has 2 heteroatoms. The number of halogens is 1. The van der Waals surface area contributed by atoms with Crippen LogP contribution in [0.2, 0.25) is 5.02 Å². The van der Waals surface area contributed by atoms with Crippen molar-refractivity contribution in [1.82, 2.24) is 0 Å². The van der Waals surface area contributed by atoms with Crippen LogP contribution in [0.25, 0.3) is 21.9 Å². The van der Waals surface area contributed by atoms with Crippen LogP contribution in [0, 0.1) is 0 Å². The highest BCUT2D eigenvalue weighted by Crippen LogP contribution is 2.50. The van der Waals surface area contributed by atoms with Gasteiger partial charge in [-0.3, -0.25) is 0 Å². The van der Waals surface area contributed by atoms with E-state index in [9.17, 15) is 0 Å². The fraction of sp³-hybridized carbons (Fsp3) is 0. The van der Waals surface area contributed by atoms with E-state index >= 15 is 0 Å². The van der Waals surface area contributed by atoms with Crippen LogP contribution >= 0.6 is 23.4 Å². The molecular formula is C16H9ClS. The molecule has 0 saturated heterocycles. The Bertz CT molecular complexity index is 777. The molecule has 2 aliphatic carbocycles. The molecule has 0 unspecified atom stereocenters. The quantitative estimate of drug-likeness (QED) is 0.454. The molecule has 0 atom stereocenters. The van der Waals surface area contributed by atoms with Crippen molar-refractivity contribution >= 4 is 34.1 Å². The van der Waals surface area contributed by atoms with Crippen LogP contribution in [0.5, 0.6) is 0 Å². The van der Waals surface area contributed by atoms with Crippen LogP contribution in [0.4, 0.5) is 0 Å². The van der Waals surface area contributed by atoms with E-state index in [2.05, 4.69) is 48.5 Å². The third kappa shape index (κ3) is 1.63. The van der Waals surface area contributed by atoms with Gasteiger partial charge >= 0.3 is 0 Å². The Morgan fingerprint density at radius 3 is 2.44 bits per heavy atom. The van der Waals surface area contributed by atoms with Crippen molar-refractivity contribution < 1.29 is 0 Å². The summed E-state index contributed by atoms with van der Waals surface area (Å²) in [6.07, 6.45) is 0. The van der Waals surface area contributed by atoms with Crippen LogP contribution in [-0.2, 0) is 0 Å². The first-order valence-electron chi connectivity index (χ1n) is 5.82. The number of hydrogen-bond acceptors (Lipinski definition) is 1. The first kappa shape index (κ1) is 10.5. The monoisotopic (exact) mass is 268 g/mol. The second-order valence-electron chi connectivity index (χ2n) is 4.45. The molecule has 0 radical (unpaired) electrons. The Morgan fingerprint density at radius 1 is 0.833 bits per heavy atom. The molecule has 0 amide bonds. The van der Waals surface area contributed by atoms with E-state index in [0.717, 1.165) is 5.02 Å². The van der Waals surface area contributed by atoms with E-state index in [4.69, 9.17) is 11.6 Å². The molecule has 0 nitrogen and oxygen atoms in total. The summed E-state index contributed by atoms with van der Waals surface area (Å²) in [4.78, 5) is 2.44. The van der Waals surface area contributed by atoms with Gasteiger partial charge in [0.25, 0.3) is 0 Å². The molecule has 86 valence electrons. The fourth-order valence-electron chi connectivity index (χ4n) is 2.22. The van der Waals surface area contributed by atoms with Crippen molar-refractivity contribution in [2.24, 2.45) is 0 Å². The van der Waals surface area contributed by atoms with E-state index in [1.54, 1.807) is 11.8 Å². The van der Waals surface area contributed by atoms with Gasteiger partial charge in [0.05, 0.1) is 5.02 Å². The molecule has 0 fully saturated rings. The lowest BCUT2D eigenvalue weighted by Gasteiger charge is -2.03. The molecule has 4 rings (SSSR count). The minimum absolute atomic E-state index is 0.876. The molecule has 0 saturated carbocycles. The summed E-state index contributed by atoms with van der Waals surface area (Å²) in [7, 11) is 0. The summed E-state index contributed by atoms with van der Waals surface area (Å²) in [5.74, 6) is 0. The van der Waals surface area contributed by atoms with Gasteiger partial charge in [0.2, 0.25) is 0 Å². The van der Waals surface area contributed by atoms with Gasteiger partial charge in [0.1, 0.15) is 0 Å². The molecule has 0 N–H and O–H groups in total. The zero-order valence-electron chi connectivity index (χ0n) is 9.48. The molecule has 0 heterocycles. The van der Waals surface area contributed by atoms with Crippen molar-refractivity contribution in [2.45, 2.75) is 9.79 Å². The average molecular weight is 269 g/mol. The Kier molecular flexibility index (Phi) is 2.20. The van der Waals surface area contributed by atoms with Gasteiger partial charge in [-0.05, 0) is 46.2 Å². The van der Waals surface area contributed by atoms with Gasteiger partial charge < -0.3 is 0 Å². The summed E-state index contributed by atoms with van der Waals surface area (Å²) < 4.78 is 0. The van der Waals surface area contributed by atoms with Crippen LogP contribution in [0.3, 0.4) is 0 Å². The number of hydrogen-bond donors (Lipinski definition) is 0. The largest absolute Gasteiger partial charge is 0.0879 e. The molecule has 0 spiro atoms. The summed E-state index contributed by atoms with van der Waals surface area (Å²) in [6, 6.07) is 19.2. The lowest BCUT2D eigenvalue weighted by atomic mass is 10.1. The average Bonchev–Trinajstić information content (AvgIpc) is 3.08. The van der Waals surface area contributed by atoms with Crippen LogP contribution in [0.15, 0.2) is 64.4 Å². The minimum Gasteiger partial charge on any atom is -0.0879 e. The Morgan fingerprint density at radius 2 is 1.67 bits per heavy atom. The molecule has 2 aromatic rings. The van der Waals surface area contributed by atoms with Crippen molar-refractivity contribution in [3.8, 4) is 11.1 Å². The summed E-state index contributed by atoms with van der Waals surface area (Å²) >= 11 is 7.96. The maximum Gasteiger partial charge on any atom is 0.0557 e. The zero-order chi connectivity index (χ0) is 12.1. The SMILES string of the molecule is Clc1cc2cc-2c1Sc1ccc2ccccc2c1. The van der Waals surface area contributed by atoms with Gasteiger partial charge in [-0.2, -0.15) is 0 Å². The van der Waals surface area contributed by atoms with Gasteiger partial charge in [0, 0.05) is 9.79 Å². The van der Waals surface area contributed by atoms with Crippen LogP contribution in [0.1, 0.15) is 0 Å². The first-order valence-corrected chi connectivity index (χ1v) is 7.01. The van der Waals surface area contributed by atoms with Gasteiger partial charge in [0.15, 0.2) is 0 Å². The highest BCUT2D eigenvalue weighted by atomic mass is 35.5. The van der Waals surface area contributed by atoms with E-state index in [-0.39, 0.29) is 0 Å². The van der Waals surface area contributed by atoms with E-state index in [0.29, 0.717) is 0 Å². The lowest BCUT2D eigenvalue weighted by Crippen LogP contribution is -1.75. The third-order valence-electron chi connectivity index (χ3n) is 3.21. The second kappa shape index (κ2) is 3.78. The van der Waals surface area contributed by atoms with Crippen LogP contribution < -0.4 is 0 Å². The second-order valence-corrected chi connectivity index (χ2v) is 5.94. The van der Waals surface area contributed by atoms with E-state index < -0.39 is 0 Å². The first-order chi connectivity index (χ1) is 8.81. The molecule has 2 aromatic carbocycles. The fourth-order valence-corrected chi connectivity index (χ4v) is 3.55. The number of fused-ring (bicyclic) bond motifs is 2. The maximum atomic E-state index is 6.21. The third-order valence-corrected chi connectivity index (χ3v) is 4.76. The van der Waals surface area contributed by atoms with Crippen molar-refractivity contribution in [2.75, 3.05) is 0 Å². The molecule has 0 aromatic heterocycles. The molecule has 0 aliphatic heterocycles. The van der Waals surface area contributed by atoms with Crippen molar-refractivity contribution in [1.29, 1.82) is 0 Å². The minimum atomic E-state index is 0.876. The van der Waals surface area contributed by atoms with E-state index in [1.807, 2.05) is 6.07 Å². The van der Waals surface area contributed by atoms with Gasteiger partial charge in [-0.15, -0.1) is 0 Å². The van der Waals surface area contributed by atoms with Crippen molar-refractivity contribution in [3.05, 3.63) is 59.6 Å². The maximum absolute atomic E-state index is 6.21. The smallest absolute Gasteiger partial charge is 0.0557 e. The van der Waals surface area contributed by atoms with Crippen LogP contribution in [-0.4, -0.2) is 0 Å². The summed E-state index contributed by atoms with van der Waals surface area (Å²) in [6.45, 7) is 0.